The first-order valence-corrected chi connectivity index (χ1v) is 11.0. The average molecular weight is 489 g/mol. The number of carbonyl (C=O) groups is 1. The molecule has 0 amide bonds. The standard InChI is InChI=1S/C27H23NO8/c1-31-21-10-15(11-22(32-2)25(21)33-3)23-17-12-19-20(36-14-35-19)13-18(17)26(29)28(24(23)27(30)34-4)16-8-6-5-7-9-16/h5-13H,14H2,1-4H3. The van der Waals surface area contributed by atoms with E-state index in [2.05, 4.69) is 0 Å². The molecule has 1 aliphatic heterocycles. The second-order valence-electron chi connectivity index (χ2n) is 7.86. The van der Waals surface area contributed by atoms with Crippen LogP contribution in [0.5, 0.6) is 28.7 Å². The highest BCUT2D eigenvalue weighted by Gasteiger charge is 2.29. The van der Waals surface area contributed by atoms with E-state index in [0.29, 0.717) is 56.3 Å². The zero-order chi connectivity index (χ0) is 25.4. The maximum Gasteiger partial charge on any atom is 0.355 e. The van der Waals surface area contributed by atoms with Crippen molar-refractivity contribution in [3.63, 3.8) is 0 Å². The molecule has 0 radical (unpaired) electrons. The minimum Gasteiger partial charge on any atom is -0.493 e. The Morgan fingerprint density at radius 2 is 1.44 bits per heavy atom. The second kappa shape index (κ2) is 9.18. The molecule has 0 fully saturated rings. The van der Waals surface area contributed by atoms with Crippen LogP contribution < -0.4 is 29.2 Å². The van der Waals surface area contributed by atoms with Gasteiger partial charge in [-0.25, -0.2) is 4.79 Å². The summed E-state index contributed by atoms with van der Waals surface area (Å²) in [6, 6.07) is 15.6. The molecule has 0 atom stereocenters. The summed E-state index contributed by atoms with van der Waals surface area (Å²) < 4.78 is 34.2. The average Bonchev–Trinajstić information content (AvgIpc) is 3.38. The number of fused-ring (bicyclic) bond motifs is 2. The third kappa shape index (κ3) is 3.56. The van der Waals surface area contributed by atoms with E-state index in [-0.39, 0.29) is 12.5 Å². The van der Waals surface area contributed by atoms with Gasteiger partial charge in [0.25, 0.3) is 5.56 Å². The quantitative estimate of drug-likeness (QED) is 0.372. The Kier molecular flexibility index (Phi) is 5.89. The van der Waals surface area contributed by atoms with E-state index in [1.165, 1.54) is 33.0 Å². The van der Waals surface area contributed by atoms with E-state index in [9.17, 15) is 9.59 Å². The van der Waals surface area contributed by atoms with Crippen LogP contribution in [0.25, 0.3) is 27.6 Å². The number of hydrogen-bond acceptors (Lipinski definition) is 8. The van der Waals surface area contributed by atoms with E-state index in [0.717, 1.165) is 0 Å². The Balaban J connectivity index is 2.00. The molecule has 2 heterocycles. The number of aromatic nitrogens is 1. The molecule has 4 aromatic rings. The molecule has 0 N–H and O–H groups in total. The number of benzene rings is 3. The summed E-state index contributed by atoms with van der Waals surface area (Å²) in [5.41, 5.74) is 1.09. The highest BCUT2D eigenvalue weighted by molar-refractivity contribution is 6.08. The van der Waals surface area contributed by atoms with Gasteiger partial charge in [-0.2, -0.15) is 0 Å². The first-order valence-electron chi connectivity index (χ1n) is 11.0. The number of rotatable bonds is 6. The van der Waals surface area contributed by atoms with Crippen LogP contribution in [0, 0.1) is 0 Å². The van der Waals surface area contributed by atoms with Gasteiger partial charge in [0.15, 0.2) is 23.0 Å². The third-order valence-corrected chi connectivity index (χ3v) is 6.02. The summed E-state index contributed by atoms with van der Waals surface area (Å²) in [7, 11) is 5.78. The summed E-state index contributed by atoms with van der Waals surface area (Å²) in [4.78, 5) is 27.2. The van der Waals surface area contributed by atoms with E-state index in [1.807, 2.05) is 6.07 Å². The predicted octanol–water partition coefficient (Wildman–Crippen LogP) is 4.20. The molecule has 9 heteroatoms. The van der Waals surface area contributed by atoms with E-state index in [4.69, 9.17) is 28.4 Å². The summed E-state index contributed by atoms with van der Waals surface area (Å²) in [6.07, 6.45) is 0. The Bertz CT molecular complexity index is 1520. The molecule has 184 valence electrons. The molecule has 0 spiro atoms. The Morgan fingerprint density at radius 1 is 0.833 bits per heavy atom. The smallest absolute Gasteiger partial charge is 0.355 e. The predicted molar refractivity (Wildman–Crippen MR) is 132 cm³/mol. The Morgan fingerprint density at radius 3 is 2.00 bits per heavy atom. The molecular weight excluding hydrogens is 466 g/mol. The lowest BCUT2D eigenvalue weighted by Crippen LogP contribution is -2.26. The van der Waals surface area contributed by atoms with Crippen LogP contribution in [0.4, 0.5) is 0 Å². The van der Waals surface area contributed by atoms with E-state index >= 15 is 0 Å². The van der Waals surface area contributed by atoms with Gasteiger partial charge < -0.3 is 28.4 Å². The number of ether oxygens (including phenoxy) is 6. The highest BCUT2D eigenvalue weighted by atomic mass is 16.7. The molecule has 0 aliphatic carbocycles. The number of pyridine rings is 1. The number of carbonyl (C=O) groups excluding carboxylic acids is 1. The number of esters is 1. The molecule has 3 aromatic carbocycles. The second-order valence-corrected chi connectivity index (χ2v) is 7.86. The molecule has 1 aliphatic rings. The molecule has 0 bridgehead atoms. The van der Waals surface area contributed by atoms with Crippen molar-refractivity contribution >= 4 is 16.7 Å². The maximum absolute atomic E-state index is 13.9. The fraction of sp³-hybridized carbons (Fsp3) is 0.185. The van der Waals surface area contributed by atoms with Crippen molar-refractivity contribution in [3.8, 4) is 45.6 Å². The lowest BCUT2D eigenvalue weighted by atomic mass is 9.95. The fourth-order valence-electron chi connectivity index (χ4n) is 4.42. The SMILES string of the molecule is COC(=O)c1c(-c2cc(OC)c(OC)c(OC)c2)c2cc3c(cc2c(=O)n1-c1ccccc1)OCO3. The van der Waals surface area contributed by atoms with Gasteiger partial charge >= 0.3 is 5.97 Å². The molecule has 0 saturated carbocycles. The van der Waals surface area contributed by atoms with Crippen molar-refractivity contribution in [2.45, 2.75) is 0 Å². The van der Waals surface area contributed by atoms with Crippen molar-refractivity contribution in [2.24, 2.45) is 0 Å². The molecule has 5 rings (SSSR count). The Labute approximate surface area is 206 Å². The molecule has 36 heavy (non-hydrogen) atoms. The summed E-state index contributed by atoms with van der Waals surface area (Å²) >= 11 is 0. The van der Waals surface area contributed by atoms with Crippen LogP contribution in [0.3, 0.4) is 0 Å². The van der Waals surface area contributed by atoms with Crippen molar-refractivity contribution in [3.05, 3.63) is 70.6 Å². The minimum atomic E-state index is -0.695. The van der Waals surface area contributed by atoms with E-state index < -0.39 is 11.5 Å². The first kappa shape index (κ1) is 23.1. The fourth-order valence-corrected chi connectivity index (χ4v) is 4.42. The number of nitrogens with zero attached hydrogens (tertiary/aromatic N) is 1. The van der Waals surface area contributed by atoms with Crippen LogP contribution in [0.2, 0.25) is 0 Å². The van der Waals surface area contributed by atoms with Gasteiger partial charge in [-0.05, 0) is 42.0 Å². The summed E-state index contributed by atoms with van der Waals surface area (Å²) in [6.45, 7) is 0.0297. The minimum absolute atomic E-state index is 0.0297. The molecule has 1 aromatic heterocycles. The monoisotopic (exact) mass is 489 g/mol. The van der Waals surface area contributed by atoms with Crippen LogP contribution in [-0.2, 0) is 4.74 Å². The van der Waals surface area contributed by atoms with Crippen LogP contribution in [0.15, 0.2) is 59.4 Å². The zero-order valence-electron chi connectivity index (χ0n) is 20.1. The van der Waals surface area contributed by atoms with Gasteiger partial charge in [-0.1, -0.05) is 18.2 Å². The van der Waals surface area contributed by atoms with Gasteiger partial charge in [-0.3, -0.25) is 9.36 Å². The van der Waals surface area contributed by atoms with Gasteiger partial charge in [0.05, 0.1) is 33.8 Å². The Hall–Kier alpha value is -4.66. The van der Waals surface area contributed by atoms with Crippen LogP contribution >= 0.6 is 0 Å². The van der Waals surface area contributed by atoms with Crippen molar-refractivity contribution in [1.29, 1.82) is 0 Å². The maximum atomic E-state index is 13.9. The number of hydrogen-bond donors (Lipinski definition) is 0. The van der Waals surface area contributed by atoms with Crippen molar-refractivity contribution < 1.29 is 33.2 Å². The van der Waals surface area contributed by atoms with Gasteiger partial charge in [0, 0.05) is 16.6 Å². The molecule has 0 saturated heterocycles. The highest BCUT2D eigenvalue weighted by Crippen LogP contribution is 2.45. The van der Waals surface area contributed by atoms with Crippen molar-refractivity contribution in [2.75, 3.05) is 35.2 Å². The van der Waals surface area contributed by atoms with Crippen molar-refractivity contribution in [1.82, 2.24) is 4.57 Å². The number of methoxy groups -OCH3 is 4. The van der Waals surface area contributed by atoms with Crippen LogP contribution in [0.1, 0.15) is 10.5 Å². The van der Waals surface area contributed by atoms with Gasteiger partial charge in [0.2, 0.25) is 12.5 Å². The van der Waals surface area contributed by atoms with Gasteiger partial charge in [0.1, 0.15) is 5.69 Å². The normalized spacial score (nSPS) is 11.9. The number of para-hydroxylation sites is 1. The third-order valence-electron chi connectivity index (χ3n) is 6.02. The molecule has 9 nitrogen and oxygen atoms in total. The first-order chi connectivity index (χ1) is 17.5. The molecular formula is C27H23NO8. The largest absolute Gasteiger partial charge is 0.493 e. The zero-order valence-corrected chi connectivity index (χ0v) is 20.1. The lowest BCUT2D eigenvalue weighted by Gasteiger charge is -2.20. The summed E-state index contributed by atoms with van der Waals surface area (Å²) in [5.74, 6) is 1.37. The topological polar surface area (TPSA) is 94.5 Å². The van der Waals surface area contributed by atoms with Gasteiger partial charge in [-0.15, -0.1) is 0 Å². The molecule has 0 unspecified atom stereocenters. The lowest BCUT2D eigenvalue weighted by molar-refractivity contribution is 0.0591. The van der Waals surface area contributed by atoms with E-state index in [1.54, 1.807) is 48.5 Å². The summed E-state index contributed by atoms with van der Waals surface area (Å²) in [5, 5.41) is 0.811. The van der Waals surface area contributed by atoms with Crippen LogP contribution in [-0.4, -0.2) is 45.8 Å².